The van der Waals surface area contributed by atoms with Gasteiger partial charge in [-0.05, 0) is 44.1 Å². The van der Waals surface area contributed by atoms with Gasteiger partial charge in [-0.15, -0.1) is 0 Å². The Hall–Kier alpha value is -0.570. The lowest BCUT2D eigenvalue weighted by Crippen LogP contribution is -2.44. The number of carbonyl (C=O) groups excluding carboxylic acids is 1. The minimum absolute atomic E-state index is 0.124. The molecule has 3 heteroatoms. The van der Waals surface area contributed by atoms with Gasteiger partial charge in [-0.3, -0.25) is 4.79 Å². The highest BCUT2D eigenvalue weighted by molar-refractivity contribution is 5.83. The lowest BCUT2D eigenvalue weighted by Gasteiger charge is -2.30. The van der Waals surface area contributed by atoms with Gasteiger partial charge in [0.15, 0.2) is 0 Å². The Morgan fingerprint density at radius 3 is 2.42 bits per heavy atom. The van der Waals surface area contributed by atoms with Gasteiger partial charge in [0.2, 0.25) is 5.91 Å². The molecule has 2 rings (SSSR count). The molecule has 0 aromatic carbocycles. The summed E-state index contributed by atoms with van der Waals surface area (Å²) in [5, 5.41) is 6.58. The molecule has 1 unspecified atom stereocenters. The van der Waals surface area contributed by atoms with Crippen LogP contribution in [0.15, 0.2) is 0 Å². The standard InChI is InChI=1S/C16H30N2O/c1-3-13-5-7-14(8-6-13)11-18-15(19)16(4-2)9-10-17-12-16/h13-14,17H,3-12H2,1-2H3,(H,18,19). The average molecular weight is 266 g/mol. The third kappa shape index (κ3) is 3.50. The second-order valence-electron chi connectivity index (χ2n) is 6.57. The zero-order valence-electron chi connectivity index (χ0n) is 12.6. The Bertz CT molecular complexity index is 289. The van der Waals surface area contributed by atoms with Crippen molar-refractivity contribution in [3.63, 3.8) is 0 Å². The summed E-state index contributed by atoms with van der Waals surface area (Å²) in [7, 11) is 0. The van der Waals surface area contributed by atoms with E-state index in [2.05, 4.69) is 24.5 Å². The van der Waals surface area contributed by atoms with Gasteiger partial charge < -0.3 is 10.6 Å². The summed E-state index contributed by atoms with van der Waals surface area (Å²) in [6.45, 7) is 7.18. The molecule has 1 aliphatic carbocycles. The summed E-state index contributed by atoms with van der Waals surface area (Å²) in [5.74, 6) is 1.95. The molecular weight excluding hydrogens is 236 g/mol. The number of hydrogen-bond acceptors (Lipinski definition) is 2. The third-order valence-corrected chi connectivity index (χ3v) is 5.50. The molecule has 1 heterocycles. The first kappa shape index (κ1) is 14.8. The van der Waals surface area contributed by atoms with Gasteiger partial charge in [0.05, 0.1) is 5.41 Å². The molecule has 0 aromatic heterocycles. The minimum atomic E-state index is -0.124. The van der Waals surface area contributed by atoms with Gasteiger partial charge in [0, 0.05) is 13.1 Å². The zero-order valence-corrected chi connectivity index (χ0v) is 12.6. The van der Waals surface area contributed by atoms with Crippen LogP contribution in [0.5, 0.6) is 0 Å². The monoisotopic (exact) mass is 266 g/mol. The summed E-state index contributed by atoms with van der Waals surface area (Å²) < 4.78 is 0. The zero-order chi connectivity index (χ0) is 13.7. The van der Waals surface area contributed by atoms with E-state index in [0.717, 1.165) is 44.3 Å². The number of nitrogens with one attached hydrogen (secondary N) is 2. The number of rotatable bonds is 5. The van der Waals surface area contributed by atoms with Crippen LogP contribution in [0.3, 0.4) is 0 Å². The first-order valence-corrected chi connectivity index (χ1v) is 8.19. The largest absolute Gasteiger partial charge is 0.355 e. The summed E-state index contributed by atoms with van der Waals surface area (Å²) in [4.78, 5) is 12.4. The summed E-state index contributed by atoms with van der Waals surface area (Å²) >= 11 is 0. The van der Waals surface area contributed by atoms with E-state index in [1.54, 1.807) is 0 Å². The molecule has 19 heavy (non-hydrogen) atoms. The maximum Gasteiger partial charge on any atom is 0.227 e. The first-order chi connectivity index (χ1) is 9.20. The molecule has 2 aliphatic rings. The molecule has 1 amide bonds. The highest BCUT2D eigenvalue weighted by Crippen LogP contribution is 2.32. The molecule has 1 saturated carbocycles. The van der Waals surface area contributed by atoms with Gasteiger partial charge in [0.1, 0.15) is 0 Å². The van der Waals surface area contributed by atoms with Crippen molar-refractivity contribution in [1.82, 2.24) is 10.6 Å². The lowest BCUT2D eigenvalue weighted by molar-refractivity contribution is -0.130. The molecule has 1 aliphatic heterocycles. The van der Waals surface area contributed by atoms with Crippen molar-refractivity contribution >= 4 is 5.91 Å². The highest BCUT2D eigenvalue weighted by Gasteiger charge is 2.39. The Labute approximate surface area is 117 Å². The van der Waals surface area contributed by atoms with Crippen LogP contribution in [0.25, 0.3) is 0 Å². The molecule has 1 atom stereocenters. The first-order valence-electron chi connectivity index (χ1n) is 8.19. The quantitative estimate of drug-likeness (QED) is 0.803. The van der Waals surface area contributed by atoms with Gasteiger partial charge in [-0.1, -0.05) is 33.1 Å². The van der Waals surface area contributed by atoms with Gasteiger partial charge in [0.25, 0.3) is 0 Å². The molecule has 110 valence electrons. The fraction of sp³-hybridized carbons (Fsp3) is 0.938. The Kier molecular flexibility index (Phi) is 5.26. The summed E-state index contributed by atoms with van der Waals surface area (Å²) in [6.07, 6.45) is 8.59. The maximum atomic E-state index is 12.4. The highest BCUT2D eigenvalue weighted by atomic mass is 16.2. The van der Waals surface area contributed by atoms with E-state index in [1.807, 2.05) is 0 Å². The molecule has 1 saturated heterocycles. The van der Waals surface area contributed by atoms with Crippen molar-refractivity contribution in [2.45, 2.75) is 58.8 Å². The van der Waals surface area contributed by atoms with Crippen LogP contribution in [-0.2, 0) is 4.79 Å². The molecule has 2 N–H and O–H groups in total. The molecular formula is C16H30N2O. The number of hydrogen-bond donors (Lipinski definition) is 2. The van der Waals surface area contributed by atoms with E-state index >= 15 is 0 Å². The summed E-state index contributed by atoms with van der Waals surface area (Å²) in [5.41, 5.74) is -0.124. The molecule has 0 aromatic rings. The summed E-state index contributed by atoms with van der Waals surface area (Å²) in [6, 6.07) is 0. The topological polar surface area (TPSA) is 41.1 Å². The normalized spacial score (nSPS) is 35.3. The van der Waals surface area contributed by atoms with Crippen LogP contribution < -0.4 is 10.6 Å². The second kappa shape index (κ2) is 6.74. The second-order valence-corrected chi connectivity index (χ2v) is 6.57. The van der Waals surface area contributed by atoms with Crippen LogP contribution in [0.2, 0.25) is 0 Å². The van der Waals surface area contributed by atoms with E-state index in [0.29, 0.717) is 0 Å². The van der Waals surface area contributed by atoms with E-state index in [1.165, 1.54) is 32.1 Å². The lowest BCUT2D eigenvalue weighted by atomic mass is 9.80. The van der Waals surface area contributed by atoms with E-state index in [4.69, 9.17) is 0 Å². The molecule has 3 nitrogen and oxygen atoms in total. The van der Waals surface area contributed by atoms with E-state index in [9.17, 15) is 4.79 Å². The molecule has 2 fully saturated rings. The van der Waals surface area contributed by atoms with E-state index in [-0.39, 0.29) is 11.3 Å². The number of amides is 1. The predicted octanol–water partition coefficient (Wildman–Crippen LogP) is 2.71. The SMILES string of the molecule is CCC1CCC(CNC(=O)C2(CC)CCNC2)CC1. The van der Waals surface area contributed by atoms with Crippen LogP contribution in [-0.4, -0.2) is 25.5 Å². The van der Waals surface area contributed by atoms with Crippen LogP contribution >= 0.6 is 0 Å². The predicted molar refractivity (Wildman–Crippen MR) is 79.0 cm³/mol. The Balaban J connectivity index is 1.74. The van der Waals surface area contributed by atoms with Crippen molar-refractivity contribution in [3.05, 3.63) is 0 Å². The van der Waals surface area contributed by atoms with Crippen molar-refractivity contribution in [2.75, 3.05) is 19.6 Å². The number of carbonyl (C=O) groups is 1. The van der Waals surface area contributed by atoms with Crippen LogP contribution in [0.1, 0.15) is 58.8 Å². The smallest absolute Gasteiger partial charge is 0.227 e. The fourth-order valence-corrected chi connectivity index (χ4v) is 3.67. The molecule has 0 radical (unpaired) electrons. The van der Waals surface area contributed by atoms with Crippen LogP contribution in [0, 0.1) is 17.3 Å². The average Bonchev–Trinajstić information content (AvgIpc) is 2.95. The van der Waals surface area contributed by atoms with Crippen molar-refractivity contribution in [2.24, 2.45) is 17.3 Å². The van der Waals surface area contributed by atoms with Gasteiger partial charge in [-0.2, -0.15) is 0 Å². The third-order valence-electron chi connectivity index (χ3n) is 5.50. The van der Waals surface area contributed by atoms with Crippen LogP contribution in [0.4, 0.5) is 0 Å². The van der Waals surface area contributed by atoms with Gasteiger partial charge in [-0.25, -0.2) is 0 Å². The van der Waals surface area contributed by atoms with Gasteiger partial charge >= 0.3 is 0 Å². The minimum Gasteiger partial charge on any atom is -0.355 e. The van der Waals surface area contributed by atoms with E-state index < -0.39 is 0 Å². The molecule has 0 bridgehead atoms. The fourth-order valence-electron chi connectivity index (χ4n) is 3.67. The maximum absolute atomic E-state index is 12.4. The van der Waals surface area contributed by atoms with Crippen molar-refractivity contribution in [3.8, 4) is 0 Å². The van der Waals surface area contributed by atoms with Crippen molar-refractivity contribution < 1.29 is 4.79 Å². The Morgan fingerprint density at radius 1 is 1.21 bits per heavy atom. The van der Waals surface area contributed by atoms with Crippen molar-refractivity contribution in [1.29, 1.82) is 0 Å². The molecule has 0 spiro atoms. The Morgan fingerprint density at radius 2 is 1.89 bits per heavy atom.